The maximum absolute atomic E-state index is 12.3. The van der Waals surface area contributed by atoms with Crippen molar-refractivity contribution < 1.29 is 9.53 Å². The number of nitrogens with one attached hydrogen (secondary N) is 1. The van der Waals surface area contributed by atoms with Crippen molar-refractivity contribution in [1.29, 1.82) is 0 Å². The summed E-state index contributed by atoms with van der Waals surface area (Å²) in [6.45, 7) is 8.00. The summed E-state index contributed by atoms with van der Waals surface area (Å²) in [7, 11) is 0. The van der Waals surface area contributed by atoms with Gasteiger partial charge in [0.25, 0.3) is 5.91 Å². The van der Waals surface area contributed by atoms with Gasteiger partial charge in [-0.15, -0.1) is 0 Å². The fourth-order valence-electron chi connectivity index (χ4n) is 3.07. The Morgan fingerprint density at radius 2 is 1.79 bits per heavy atom. The number of benzene rings is 2. The summed E-state index contributed by atoms with van der Waals surface area (Å²) < 4.78 is 7.86. The number of aromatic nitrogens is 2. The summed E-state index contributed by atoms with van der Waals surface area (Å²) in [6, 6.07) is 13.7. The molecule has 5 heteroatoms. The predicted molar refractivity (Wildman–Crippen MR) is 111 cm³/mol. The number of carbonyl (C=O) groups is 1. The second kappa shape index (κ2) is 9.22. The summed E-state index contributed by atoms with van der Waals surface area (Å²) in [6.07, 6.45) is 4.68. The molecule has 3 rings (SSSR count). The van der Waals surface area contributed by atoms with Gasteiger partial charge in [0, 0.05) is 24.8 Å². The first-order valence-electron chi connectivity index (χ1n) is 9.58. The van der Waals surface area contributed by atoms with Gasteiger partial charge in [0.2, 0.25) is 0 Å². The number of ether oxygens (including phenoxy) is 1. The van der Waals surface area contributed by atoms with Crippen molar-refractivity contribution in [2.24, 2.45) is 0 Å². The lowest BCUT2D eigenvalue weighted by Crippen LogP contribution is -2.25. The van der Waals surface area contributed by atoms with Crippen LogP contribution in [0.5, 0.6) is 5.75 Å². The molecule has 1 heterocycles. The lowest BCUT2D eigenvalue weighted by Gasteiger charge is -2.12. The van der Waals surface area contributed by atoms with E-state index in [1.165, 1.54) is 0 Å². The zero-order chi connectivity index (χ0) is 19.9. The van der Waals surface area contributed by atoms with Gasteiger partial charge in [0.05, 0.1) is 6.20 Å². The van der Waals surface area contributed by atoms with Crippen LogP contribution in [0.1, 0.15) is 39.0 Å². The smallest absolute Gasteiger partial charge is 0.251 e. The number of amides is 1. The Morgan fingerprint density at radius 3 is 2.43 bits per heavy atom. The minimum absolute atomic E-state index is 0.0566. The van der Waals surface area contributed by atoms with Crippen LogP contribution in [0.25, 0.3) is 0 Å². The van der Waals surface area contributed by atoms with E-state index >= 15 is 0 Å². The molecule has 1 amide bonds. The molecule has 0 aliphatic heterocycles. The van der Waals surface area contributed by atoms with Crippen LogP contribution in [0.4, 0.5) is 0 Å². The number of hydrogen-bond acceptors (Lipinski definition) is 3. The van der Waals surface area contributed by atoms with Crippen LogP contribution in [0.3, 0.4) is 0 Å². The Morgan fingerprint density at radius 1 is 1.07 bits per heavy atom. The Kier molecular flexibility index (Phi) is 6.48. The molecule has 146 valence electrons. The van der Waals surface area contributed by atoms with E-state index in [1.54, 1.807) is 0 Å². The molecule has 0 atom stereocenters. The number of nitrogens with zero attached hydrogens (tertiary/aromatic N) is 2. The molecule has 0 spiro atoms. The Hall–Kier alpha value is -3.08. The minimum atomic E-state index is -0.0566. The molecule has 0 bridgehead atoms. The summed E-state index contributed by atoms with van der Waals surface area (Å²) >= 11 is 0. The van der Waals surface area contributed by atoms with E-state index in [2.05, 4.69) is 10.4 Å². The third-order valence-corrected chi connectivity index (χ3v) is 4.62. The van der Waals surface area contributed by atoms with Crippen molar-refractivity contribution in [3.63, 3.8) is 0 Å². The molecule has 1 aromatic heterocycles. The maximum atomic E-state index is 12.3. The average molecular weight is 377 g/mol. The van der Waals surface area contributed by atoms with Gasteiger partial charge >= 0.3 is 0 Å². The summed E-state index contributed by atoms with van der Waals surface area (Å²) in [5, 5.41) is 7.20. The third kappa shape index (κ3) is 5.22. The lowest BCUT2D eigenvalue weighted by molar-refractivity contribution is 0.0952. The first-order valence-corrected chi connectivity index (χ1v) is 9.58. The predicted octanol–water partition coefficient (Wildman–Crippen LogP) is 4.21. The lowest BCUT2D eigenvalue weighted by atomic mass is 10.1. The zero-order valence-electron chi connectivity index (χ0n) is 16.7. The van der Waals surface area contributed by atoms with Crippen LogP contribution < -0.4 is 10.1 Å². The molecule has 0 radical (unpaired) electrons. The number of aryl methyl sites for hydroxylation is 4. The molecule has 0 aliphatic carbocycles. The largest absolute Gasteiger partial charge is 0.488 e. The molecule has 0 unspecified atom stereocenters. The highest BCUT2D eigenvalue weighted by Crippen LogP contribution is 2.23. The van der Waals surface area contributed by atoms with E-state index in [0.29, 0.717) is 18.7 Å². The van der Waals surface area contributed by atoms with Crippen LogP contribution in [0.15, 0.2) is 54.9 Å². The van der Waals surface area contributed by atoms with Gasteiger partial charge < -0.3 is 10.1 Å². The Bertz CT molecular complexity index is 909. The van der Waals surface area contributed by atoms with Crippen molar-refractivity contribution >= 4 is 5.91 Å². The summed E-state index contributed by atoms with van der Waals surface area (Å²) in [5.41, 5.74) is 5.09. The van der Waals surface area contributed by atoms with Crippen molar-refractivity contribution in [2.75, 3.05) is 6.54 Å². The van der Waals surface area contributed by atoms with E-state index in [0.717, 1.165) is 41.0 Å². The fourth-order valence-corrected chi connectivity index (χ4v) is 3.07. The zero-order valence-corrected chi connectivity index (χ0v) is 16.7. The van der Waals surface area contributed by atoms with Crippen molar-refractivity contribution in [3.05, 3.63) is 82.7 Å². The summed E-state index contributed by atoms with van der Waals surface area (Å²) in [5.74, 6) is 0.871. The molecule has 0 aliphatic rings. The van der Waals surface area contributed by atoms with E-state index in [-0.39, 0.29) is 5.91 Å². The van der Waals surface area contributed by atoms with Crippen LogP contribution >= 0.6 is 0 Å². The monoisotopic (exact) mass is 377 g/mol. The molecule has 3 aromatic rings. The second-order valence-corrected chi connectivity index (χ2v) is 7.10. The quantitative estimate of drug-likeness (QED) is 0.599. The fraction of sp³-hybridized carbons (Fsp3) is 0.304. The van der Waals surface area contributed by atoms with Gasteiger partial charge in [-0.25, -0.2) is 0 Å². The van der Waals surface area contributed by atoms with Crippen LogP contribution in [0.2, 0.25) is 0 Å². The molecule has 2 aromatic carbocycles. The Labute approximate surface area is 166 Å². The number of para-hydroxylation sites is 1. The van der Waals surface area contributed by atoms with Crippen LogP contribution in [-0.4, -0.2) is 22.2 Å². The van der Waals surface area contributed by atoms with E-state index in [9.17, 15) is 4.79 Å². The third-order valence-electron chi connectivity index (χ3n) is 4.62. The maximum Gasteiger partial charge on any atom is 0.251 e. The highest BCUT2D eigenvalue weighted by atomic mass is 16.5. The highest BCUT2D eigenvalue weighted by Gasteiger charge is 2.07. The SMILES string of the molecule is Cc1cnn(CCCNC(=O)c2ccc(COc3c(C)cccc3C)cc2)c1. The number of carbonyl (C=O) groups excluding carboxylic acids is 1. The second-order valence-electron chi connectivity index (χ2n) is 7.10. The summed E-state index contributed by atoms with van der Waals surface area (Å²) in [4.78, 5) is 12.3. The van der Waals surface area contributed by atoms with E-state index in [1.807, 2.05) is 80.3 Å². The van der Waals surface area contributed by atoms with Gasteiger partial charge in [0.1, 0.15) is 12.4 Å². The first-order chi connectivity index (χ1) is 13.5. The topological polar surface area (TPSA) is 56.2 Å². The molecule has 0 saturated carbocycles. The van der Waals surface area contributed by atoms with Crippen molar-refractivity contribution in [1.82, 2.24) is 15.1 Å². The van der Waals surface area contributed by atoms with Gasteiger partial charge in [-0.2, -0.15) is 5.10 Å². The average Bonchev–Trinajstić information content (AvgIpc) is 3.10. The molecule has 0 fully saturated rings. The highest BCUT2D eigenvalue weighted by molar-refractivity contribution is 5.94. The standard InChI is InChI=1S/C23H27N3O2/c1-17-14-25-26(15-17)13-5-12-24-23(27)21-10-8-20(9-11-21)16-28-22-18(2)6-4-7-19(22)3/h4,6-11,14-15H,5,12-13,16H2,1-3H3,(H,24,27). The molecular formula is C23H27N3O2. The molecule has 5 nitrogen and oxygen atoms in total. The van der Waals surface area contributed by atoms with Gasteiger partial charge in [0.15, 0.2) is 0 Å². The Balaban J connectivity index is 1.46. The van der Waals surface area contributed by atoms with E-state index in [4.69, 9.17) is 4.74 Å². The van der Waals surface area contributed by atoms with Crippen LogP contribution in [0, 0.1) is 20.8 Å². The number of rotatable bonds is 8. The van der Waals surface area contributed by atoms with E-state index < -0.39 is 0 Å². The number of hydrogen-bond donors (Lipinski definition) is 1. The molecule has 1 N–H and O–H groups in total. The van der Waals surface area contributed by atoms with Gasteiger partial charge in [-0.05, 0) is 61.6 Å². The molecule has 28 heavy (non-hydrogen) atoms. The molecule has 0 saturated heterocycles. The van der Waals surface area contributed by atoms with Crippen molar-refractivity contribution in [2.45, 2.75) is 40.3 Å². The molecular weight excluding hydrogens is 350 g/mol. The first kappa shape index (κ1) is 19.7. The minimum Gasteiger partial charge on any atom is -0.488 e. The van der Waals surface area contributed by atoms with Gasteiger partial charge in [-0.3, -0.25) is 9.48 Å². The normalized spacial score (nSPS) is 10.7. The van der Waals surface area contributed by atoms with Crippen molar-refractivity contribution in [3.8, 4) is 5.75 Å². The van der Waals surface area contributed by atoms with Crippen LogP contribution in [-0.2, 0) is 13.2 Å². The van der Waals surface area contributed by atoms with Gasteiger partial charge in [-0.1, -0.05) is 30.3 Å².